The van der Waals surface area contributed by atoms with E-state index in [1.807, 2.05) is 12.1 Å². The van der Waals surface area contributed by atoms with E-state index in [1.165, 1.54) is 12.1 Å². The van der Waals surface area contributed by atoms with Crippen LogP contribution >= 0.6 is 15.9 Å². The van der Waals surface area contributed by atoms with Crippen molar-refractivity contribution in [1.29, 1.82) is 0 Å². The van der Waals surface area contributed by atoms with E-state index in [-0.39, 0.29) is 29.3 Å². The van der Waals surface area contributed by atoms with E-state index in [1.54, 1.807) is 24.3 Å². The molecule has 2 aromatic rings. The maximum atomic E-state index is 12.2. The van der Waals surface area contributed by atoms with Crippen LogP contribution in [0.15, 0.2) is 57.9 Å². The SMILES string of the molecule is CC(C)(C)c1ccc(C(=O)NCCNS(=O)(=O)c2ccc(Br)cc2)cc1. The first-order valence-corrected chi connectivity index (χ1v) is 10.5. The molecule has 0 aliphatic rings. The molecule has 7 heteroatoms. The summed E-state index contributed by atoms with van der Waals surface area (Å²) in [5.41, 5.74) is 1.73. The molecule has 0 aliphatic carbocycles. The first-order valence-electron chi connectivity index (χ1n) is 8.23. The van der Waals surface area contributed by atoms with Gasteiger partial charge in [0.1, 0.15) is 0 Å². The molecule has 0 saturated carbocycles. The molecule has 2 aromatic carbocycles. The van der Waals surface area contributed by atoms with Crippen LogP contribution in [-0.2, 0) is 15.4 Å². The average Bonchev–Trinajstić information content (AvgIpc) is 2.58. The minimum absolute atomic E-state index is 0.0281. The molecule has 0 fully saturated rings. The van der Waals surface area contributed by atoms with E-state index in [4.69, 9.17) is 0 Å². The van der Waals surface area contributed by atoms with Gasteiger partial charge >= 0.3 is 0 Å². The van der Waals surface area contributed by atoms with Crippen LogP contribution < -0.4 is 10.0 Å². The van der Waals surface area contributed by atoms with Crippen LogP contribution in [0.5, 0.6) is 0 Å². The highest BCUT2D eigenvalue weighted by atomic mass is 79.9. The predicted octanol–water partition coefficient (Wildman–Crippen LogP) is 3.45. The Kier molecular flexibility index (Phi) is 6.60. The first-order chi connectivity index (χ1) is 12.1. The molecule has 0 heterocycles. The van der Waals surface area contributed by atoms with E-state index in [9.17, 15) is 13.2 Å². The van der Waals surface area contributed by atoms with Gasteiger partial charge in [-0.2, -0.15) is 0 Å². The van der Waals surface area contributed by atoms with Crippen molar-refractivity contribution >= 4 is 31.9 Å². The summed E-state index contributed by atoms with van der Waals surface area (Å²) in [4.78, 5) is 12.3. The summed E-state index contributed by atoms with van der Waals surface area (Å²) in [5.74, 6) is -0.228. The predicted molar refractivity (Wildman–Crippen MR) is 107 cm³/mol. The molecule has 0 saturated heterocycles. The van der Waals surface area contributed by atoms with Crippen LogP contribution in [-0.4, -0.2) is 27.4 Å². The molecular weight excluding hydrogens is 416 g/mol. The van der Waals surface area contributed by atoms with Crippen LogP contribution in [0.1, 0.15) is 36.7 Å². The number of carbonyl (C=O) groups excluding carboxylic acids is 1. The fourth-order valence-corrected chi connectivity index (χ4v) is 3.58. The summed E-state index contributed by atoms with van der Waals surface area (Å²) in [7, 11) is -3.58. The number of halogens is 1. The lowest BCUT2D eigenvalue weighted by Crippen LogP contribution is -2.34. The second-order valence-electron chi connectivity index (χ2n) is 6.93. The van der Waals surface area contributed by atoms with Gasteiger partial charge in [-0.1, -0.05) is 48.8 Å². The standard InChI is InChI=1S/C19H23BrN2O3S/c1-19(2,3)15-6-4-14(5-7-15)18(23)21-12-13-22-26(24,25)17-10-8-16(20)9-11-17/h4-11,22H,12-13H2,1-3H3,(H,21,23). The molecule has 2 rings (SSSR count). The van der Waals surface area contributed by atoms with Gasteiger partial charge in [-0.15, -0.1) is 0 Å². The number of hydrogen-bond donors (Lipinski definition) is 2. The van der Waals surface area contributed by atoms with Crippen molar-refractivity contribution in [2.45, 2.75) is 31.1 Å². The topological polar surface area (TPSA) is 75.3 Å². The highest BCUT2D eigenvalue weighted by Crippen LogP contribution is 2.22. The van der Waals surface area contributed by atoms with Gasteiger partial charge in [0.25, 0.3) is 5.91 Å². The van der Waals surface area contributed by atoms with Gasteiger partial charge in [-0.25, -0.2) is 13.1 Å². The van der Waals surface area contributed by atoms with E-state index in [0.717, 1.165) is 10.0 Å². The van der Waals surface area contributed by atoms with Gasteiger partial charge in [0, 0.05) is 23.1 Å². The number of carbonyl (C=O) groups is 1. The summed E-state index contributed by atoms with van der Waals surface area (Å²) >= 11 is 3.27. The number of benzene rings is 2. The molecule has 0 aromatic heterocycles. The molecule has 1 amide bonds. The number of rotatable bonds is 6. The lowest BCUT2D eigenvalue weighted by atomic mass is 9.87. The van der Waals surface area contributed by atoms with Crippen molar-refractivity contribution in [2.75, 3.05) is 13.1 Å². The minimum atomic E-state index is -3.58. The Morgan fingerprint density at radius 3 is 2.08 bits per heavy atom. The van der Waals surface area contributed by atoms with Crippen molar-refractivity contribution in [3.63, 3.8) is 0 Å². The van der Waals surface area contributed by atoms with Gasteiger partial charge in [0.15, 0.2) is 0 Å². The zero-order chi connectivity index (χ0) is 19.4. The number of amides is 1. The zero-order valence-corrected chi connectivity index (χ0v) is 17.4. The molecule has 2 N–H and O–H groups in total. The van der Waals surface area contributed by atoms with E-state index < -0.39 is 10.0 Å². The molecule has 0 unspecified atom stereocenters. The maximum absolute atomic E-state index is 12.2. The number of sulfonamides is 1. The Morgan fingerprint density at radius 2 is 1.54 bits per heavy atom. The molecule has 0 aliphatic heterocycles. The second-order valence-corrected chi connectivity index (χ2v) is 9.62. The van der Waals surface area contributed by atoms with E-state index in [2.05, 4.69) is 46.7 Å². The summed E-state index contributed by atoms with van der Waals surface area (Å²) in [6, 6.07) is 13.8. The van der Waals surface area contributed by atoms with Crippen LogP contribution in [0, 0.1) is 0 Å². The Morgan fingerprint density at radius 1 is 0.962 bits per heavy atom. The van der Waals surface area contributed by atoms with Crippen molar-refractivity contribution in [2.24, 2.45) is 0 Å². The van der Waals surface area contributed by atoms with Crippen LogP contribution in [0.3, 0.4) is 0 Å². The fraction of sp³-hybridized carbons (Fsp3) is 0.316. The first kappa shape index (κ1) is 20.6. The van der Waals surface area contributed by atoms with Crippen molar-refractivity contribution in [1.82, 2.24) is 10.0 Å². The fourth-order valence-electron chi connectivity index (χ4n) is 2.28. The lowest BCUT2D eigenvalue weighted by Gasteiger charge is -2.19. The quantitative estimate of drug-likeness (QED) is 0.677. The average molecular weight is 439 g/mol. The molecule has 0 atom stereocenters. The summed E-state index contributed by atoms with van der Waals surface area (Å²) in [5, 5.41) is 2.72. The Balaban J connectivity index is 1.85. The third-order valence-electron chi connectivity index (χ3n) is 3.84. The molecule has 0 bridgehead atoms. The van der Waals surface area contributed by atoms with Gasteiger partial charge in [-0.3, -0.25) is 4.79 Å². The third kappa shape index (κ3) is 5.65. The van der Waals surface area contributed by atoms with Gasteiger partial charge in [0.2, 0.25) is 10.0 Å². The van der Waals surface area contributed by atoms with Crippen LogP contribution in [0.2, 0.25) is 0 Å². The third-order valence-corrected chi connectivity index (χ3v) is 5.85. The lowest BCUT2D eigenvalue weighted by molar-refractivity contribution is 0.0954. The highest BCUT2D eigenvalue weighted by Gasteiger charge is 2.15. The highest BCUT2D eigenvalue weighted by molar-refractivity contribution is 9.10. The molecular formula is C19H23BrN2O3S. The summed E-state index contributed by atoms with van der Waals surface area (Å²) in [6.45, 7) is 6.65. The summed E-state index contributed by atoms with van der Waals surface area (Å²) in [6.07, 6.45) is 0. The van der Waals surface area contributed by atoms with Gasteiger partial charge < -0.3 is 5.32 Å². The number of nitrogens with one attached hydrogen (secondary N) is 2. The summed E-state index contributed by atoms with van der Waals surface area (Å²) < 4.78 is 27.6. The van der Waals surface area contributed by atoms with Crippen LogP contribution in [0.4, 0.5) is 0 Å². The Hall–Kier alpha value is -1.70. The zero-order valence-electron chi connectivity index (χ0n) is 15.0. The maximum Gasteiger partial charge on any atom is 0.251 e. The molecule has 0 radical (unpaired) electrons. The largest absolute Gasteiger partial charge is 0.351 e. The molecule has 5 nitrogen and oxygen atoms in total. The van der Waals surface area contributed by atoms with Crippen LogP contribution in [0.25, 0.3) is 0 Å². The minimum Gasteiger partial charge on any atom is -0.351 e. The van der Waals surface area contributed by atoms with Gasteiger partial charge in [-0.05, 0) is 47.4 Å². The van der Waals surface area contributed by atoms with E-state index in [0.29, 0.717) is 5.56 Å². The van der Waals surface area contributed by atoms with Gasteiger partial charge in [0.05, 0.1) is 4.90 Å². The molecule has 0 spiro atoms. The molecule has 26 heavy (non-hydrogen) atoms. The van der Waals surface area contributed by atoms with Crippen molar-refractivity contribution in [3.05, 3.63) is 64.1 Å². The second kappa shape index (κ2) is 8.33. The van der Waals surface area contributed by atoms with E-state index >= 15 is 0 Å². The van der Waals surface area contributed by atoms with Crippen molar-refractivity contribution in [3.8, 4) is 0 Å². The molecule has 140 valence electrons. The Labute approximate surface area is 163 Å². The monoisotopic (exact) mass is 438 g/mol. The normalized spacial score (nSPS) is 12.0. The smallest absolute Gasteiger partial charge is 0.251 e. The number of hydrogen-bond acceptors (Lipinski definition) is 3. The Bertz CT molecular complexity index is 855. The van der Waals surface area contributed by atoms with Crippen molar-refractivity contribution < 1.29 is 13.2 Å².